The van der Waals surface area contributed by atoms with Gasteiger partial charge < -0.3 is 19.7 Å². The second kappa shape index (κ2) is 7.45. The summed E-state index contributed by atoms with van der Waals surface area (Å²) in [6.45, 7) is 10.2. The van der Waals surface area contributed by atoms with Crippen LogP contribution in [0.25, 0.3) is 22.3 Å². The number of rotatable bonds is 3. The Morgan fingerprint density at radius 2 is 1.97 bits per heavy atom. The lowest BCUT2D eigenvalue weighted by Crippen LogP contribution is -2.44. The van der Waals surface area contributed by atoms with Gasteiger partial charge in [0.1, 0.15) is 12.4 Å². The molecule has 4 heterocycles. The van der Waals surface area contributed by atoms with Gasteiger partial charge in [0, 0.05) is 34.7 Å². The van der Waals surface area contributed by atoms with Gasteiger partial charge in [-0.3, -0.25) is 4.79 Å². The Hall–Kier alpha value is -3.10. The number of carbonyl (C=O) groups is 1. The molecule has 0 radical (unpaired) electrons. The first-order valence-electron chi connectivity index (χ1n) is 11.5. The number of benzene rings is 1. The van der Waals surface area contributed by atoms with Crippen molar-refractivity contribution in [2.45, 2.75) is 71.9 Å². The molecular formula is C26H28FN3O4. The topological polar surface area (TPSA) is 93.5 Å². The molecular weight excluding hydrogens is 437 g/mol. The number of nitrogens with zero attached hydrogens (tertiary/aromatic N) is 2. The molecule has 5 rings (SSSR count). The van der Waals surface area contributed by atoms with Crippen molar-refractivity contribution in [2.75, 3.05) is 0 Å². The van der Waals surface area contributed by atoms with Crippen molar-refractivity contribution >= 4 is 16.9 Å². The highest BCUT2D eigenvalue weighted by molar-refractivity contribution is 5.89. The summed E-state index contributed by atoms with van der Waals surface area (Å²) in [7, 11) is 0. The molecule has 0 saturated heterocycles. The van der Waals surface area contributed by atoms with E-state index >= 15 is 0 Å². The fourth-order valence-electron chi connectivity index (χ4n) is 4.85. The fourth-order valence-corrected chi connectivity index (χ4v) is 4.85. The lowest BCUT2D eigenvalue weighted by atomic mass is 9.86. The van der Waals surface area contributed by atoms with Gasteiger partial charge in [-0.2, -0.15) is 0 Å². The van der Waals surface area contributed by atoms with Crippen LogP contribution in [0.15, 0.2) is 23.0 Å². The van der Waals surface area contributed by atoms with Crippen LogP contribution in [0.3, 0.4) is 0 Å². The molecule has 1 aromatic carbocycles. The third-order valence-corrected chi connectivity index (χ3v) is 6.88. The van der Waals surface area contributed by atoms with Crippen LogP contribution < -0.4 is 10.9 Å². The van der Waals surface area contributed by atoms with E-state index in [0.717, 1.165) is 16.5 Å². The number of esters is 1. The molecule has 0 fully saturated rings. The average Bonchev–Trinajstić information content (AvgIpc) is 3.13. The van der Waals surface area contributed by atoms with E-state index in [9.17, 15) is 19.1 Å². The summed E-state index contributed by atoms with van der Waals surface area (Å²) < 4.78 is 21.2. The molecule has 0 saturated carbocycles. The number of aliphatic hydroxyl groups is 1. The van der Waals surface area contributed by atoms with Gasteiger partial charge in [-0.1, -0.05) is 6.92 Å². The highest BCUT2D eigenvalue weighted by atomic mass is 19.1. The number of hydrogen-bond donors (Lipinski definition) is 2. The van der Waals surface area contributed by atoms with Crippen molar-refractivity contribution in [1.82, 2.24) is 14.9 Å². The summed E-state index contributed by atoms with van der Waals surface area (Å²) in [6.07, 6.45) is 0.0744. The first-order valence-corrected chi connectivity index (χ1v) is 11.5. The van der Waals surface area contributed by atoms with E-state index in [4.69, 9.17) is 9.72 Å². The van der Waals surface area contributed by atoms with E-state index in [2.05, 4.69) is 26.1 Å². The molecule has 0 unspecified atom stereocenters. The number of halogens is 1. The number of cyclic esters (lactones) is 1. The van der Waals surface area contributed by atoms with Gasteiger partial charge in [-0.25, -0.2) is 14.2 Å². The molecule has 178 valence electrons. The number of ether oxygens (including phenoxy) is 1. The lowest BCUT2D eigenvalue weighted by Gasteiger charge is -2.31. The van der Waals surface area contributed by atoms with E-state index < -0.39 is 11.6 Å². The molecule has 1 atom stereocenters. The van der Waals surface area contributed by atoms with Crippen LogP contribution in [0.5, 0.6) is 0 Å². The zero-order valence-corrected chi connectivity index (χ0v) is 20.0. The largest absolute Gasteiger partial charge is 0.458 e. The van der Waals surface area contributed by atoms with E-state index in [-0.39, 0.29) is 41.1 Å². The number of aromatic nitrogens is 2. The van der Waals surface area contributed by atoms with E-state index in [1.165, 1.54) is 6.07 Å². The molecule has 2 N–H and O–H groups in total. The normalized spacial score (nSPS) is 19.1. The first-order chi connectivity index (χ1) is 15.9. The second-order valence-corrected chi connectivity index (χ2v) is 10.2. The number of fused-ring (bicyclic) bond motifs is 5. The maximum Gasteiger partial charge on any atom is 0.343 e. The van der Waals surface area contributed by atoms with Crippen LogP contribution in [0.2, 0.25) is 0 Å². The zero-order chi connectivity index (χ0) is 24.6. The first kappa shape index (κ1) is 22.7. The summed E-state index contributed by atoms with van der Waals surface area (Å²) in [6, 6.07) is 4.90. The molecule has 2 aromatic heterocycles. The monoisotopic (exact) mass is 465 g/mol. The third-order valence-electron chi connectivity index (χ3n) is 6.88. The highest BCUT2D eigenvalue weighted by Gasteiger charge is 2.45. The Balaban J connectivity index is 1.79. The van der Waals surface area contributed by atoms with Crippen LogP contribution in [-0.4, -0.2) is 26.2 Å². The predicted molar refractivity (Wildman–Crippen MR) is 126 cm³/mol. The fraction of sp³-hybridized carbons (Fsp3) is 0.423. The summed E-state index contributed by atoms with van der Waals surface area (Å²) in [4.78, 5) is 30.6. The number of aryl methyl sites for hydroxylation is 1. The molecule has 34 heavy (non-hydrogen) atoms. The van der Waals surface area contributed by atoms with Crippen LogP contribution in [0, 0.1) is 12.7 Å². The van der Waals surface area contributed by atoms with Gasteiger partial charge in [-0.15, -0.1) is 0 Å². The highest BCUT2D eigenvalue weighted by Crippen LogP contribution is 2.40. The van der Waals surface area contributed by atoms with Crippen LogP contribution in [-0.2, 0) is 34.8 Å². The molecule has 7 nitrogen and oxygen atoms in total. The SMILES string of the molecule is CC[C@@]1(O)C(=O)OCc2c1cc1n(c2=O)Cc2c-1nc1cc(F)c(C)cc1c2CNC(C)(C)C. The van der Waals surface area contributed by atoms with E-state index in [1.54, 1.807) is 30.5 Å². The average molecular weight is 466 g/mol. The number of hydrogen-bond acceptors (Lipinski definition) is 6. The maximum absolute atomic E-state index is 14.5. The molecule has 0 bridgehead atoms. The van der Waals surface area contributed by atoms with Gasteiger partial charge in [0.15, 0.2) is 5.60 Å². The maximum atomic E-state index is 14.5. The predicted octanol–water partition coefficient (Wildman–Crippen LogP) is 3.42. The Morgan fingerprint density at radius 3 is 2.65 bits per heavy atom. The molecule has 3 aromatic rings. The molecule has 2 aliphatic rings. The minimum atomic E-state index is -1.89. The number of nitrogens with one attached hydrogen (secondary N) is 1. The number of pyridine rings is 2. The van der Waals surface area contributed by atoms with Crippen LogP contribution in [0.4, 0.5) is 4.39 Å². The smallest absolute Gasteiger partial charge is 0.343 e. The summed E-state index contributed by atoms with van der Waals surface area (Å²) in [5, 5.41) is 15.4. The zero-order valence-electron chi connectivity index (χ0n) is 20.0. The summed E-state index contributed by atoms with van der Waals surface area (Å²) >= 11 is 0. The second-order valence-electron chi connectivity index (χ2n) is 10.2. The van der Waals surface area contributed by atoms with Gasteiger partial charge in [0.05, 0.1) is 29.0 Å². The van der Waals surface area contributed by atoms with E-state index in [0.29, 0.717) is 35.6 Å². The van der Waals surface area contributed by atoms with Crippen molar-refractivity contribution in [3.05, 3.63) is 62.2 Å². The van der Waals surface area contributed by atoms with Crippen LogP contribution >= 0.6 is 0 Å². The molecule has 8 heteroatoms. The molecule has 0 amide bonds. The van der Waals surface area contributed by atoms with Gasteiger partial charge in [-0.05, 0) is 57.4 Å². The lowest BCUT2D eigenvalue weighted by molar-refractivity contribution is -0.172. The quantitative estimate of drug-likeness (QED) is 0.451. The van der Waals surface area contributed by atoms with Gasteiger partial charge in [0.25, 0.3) is 5.56 Å². The minimum Gasteiger partial charge on any atom is -0.458 e. The Morgan fingerprint density at radius 1 is 1.24 bits per heavy atom. The van der Waals surface area contributed by atoms with Crippen molar-refractivity contribution < 1.29 is 19.0 Å². The van der Waals surface area contributed by atoms with Gasteiger partial charge >= 0.3 is 5.97 Å². The summed E-state index contributed by atoms with van der Waals surface area (Å²) in [5.74, 6) is -1.11. The Bertz CT molecular complexity index is 1440. The third kappa shape index (κ3) is 3.27. The number of carbonyl (C=O) groups excluding carboxylic acids is 1. The Labute approximate surface area is 196 Å². The van der Waals surface area contributed by atoms with Crippen molar-refractivity contribution in [1.29, 1.82) is 0 Å². The van der Waals surface area contributed by atoms with Crippen LogP contribution in [0.1, 0.15) is 61.9 Å². The minimum absolute atomic E-state index is 0.0744. The van der Waals surface area contributed by atoms with Crippen molar-refractivity contribution in [3.8, 4) is 11.4 Å². The van der Waals surface area contributed by atoms with Crippen molar-refractivity contribution in [3.63, 3.8) is 0 Å². The summed E-state index contributed by atoms with van der Waals surface area (Å²) in [5.41, 5.74) is 2.12. The molecule has 2 aliphatic heterocycles. The van der Waals surface area contributed by atoms with E-state index in [1.807, 2.05) is 0 Å². The standard InChI is InChI=1S/C26H28FN3O4/c1-6-26(33)18-8-21-22-16(11-30(21)23(31)17(18)12-34-24(26)32)15(10-28-25(3,4)5)14-7-13(2)19(27)9-20(14)29-22/h7-9,28,33H,6,10-12H2,1-5H3/t26-/m0/s1. The van der Waals surface area contributed by atoms with Gasteiger partial charge in [0.2, 0.25) is 0 Å². The Kier molecular flexibility index (Phi) is 4.97. The van der Waals surface area contributed by atoms with Crippen molar-refractivity contribution in [2.24, 2.45) is 0 Å². The molecule has 0 aliphatic carbocycles. The molecule has 0 spiro atoms.